The maximum absolute atomic E-state index is 13.7. The van der Waals surface area contributed by atoms with Crippen molar-refractivity contribution in [3.63, 3.8) is 0 Å². The number of halogens is 1. The smallest absolute Gasteiger partial charge is 0.294 e. The number of fused-ring (bicyclic) bond motifs is 1. The maximum Gasteiger partial charge on any atom is 0.308 e. The van der Waals surface area contributed by atoms with Crippen LogP contribution in [-0.4, -0.2) is 48.4 Å². The summed E-state index contributed by atoms with van der Waals surface area (Å²) in [7, 11) is -3.71. The van der Waals surface area contributed by atoms with Gasteiger partial charge in [-0.3, -0.25) is 14.3 Å². The highest BCUT2D eigenvalue weighted by Crippen LogP contribution is 2.31. The van der Waals surface area contributed by atoms with E-state index < -0.39 is 10.0 Å². The van der Waals surface area contributed by atoms with Crippen molar-refractivity contribution >= 4 is 43.2 Å². The number of sulfonamides is 1. The molecule has 0 aliphatic carbocycles. The Morgan fingerprint density at radius 2 is 1.38 bits per heavy atom. The predicted molar refractivity (Wildman–Crippen MR) is 162 cm³/mol. The molecule has 0 radical (unpaired) electrons. The van der Waals surface area contributed by atoms with Crippen molar-refractivity contribution in [2.75, 3.05) is 26.2 Å². The summed E-state index contributed by atoms with van der Waals surface area (Å²) in [6.45, 7) is 2.41. The quantitative estimate of drug-likeness (QED) is 0.239. The number of benzene rings is 4. The molecule has 0 unspecified atom stereocenters. The largest absolute Gasteiger partial charge is 0.308 e. The molecule has 9 heteroatoms. The van der Waals surface area contributed by atoms with Gasteiger partial charge >= 0.3 is 4.87 Å². The Morgan fingerprint density at radius 1 is 0.775 bits per heavy atom. The highest BCUT2D eigenvalue weighted by molar-refractivity contribution is 7.89. The average molecular weight is 590 g/mol. The number of nitrogens with zero attached hydrogens (tertiary/aromatic N) is 3. The van der Waals surface area contributed by atoms with Crippen molar-refractivity contribution in [2.45, 2.75) is 17.5 Å². The van der Waals surface area contributed by atoms with E-state index in [-0.39, 0.29) is 15.8 Å². The fourth-order valence-corrected chi connectivity index (χ4v) is 7.94. The summed E-state index contributed by atoms with van der Waals surface area (Å²) in [4.78, 5) is 15.2. The zero-order valence-corrected chi connectivity index (χ0v) is 24.1. The van der Waals surface area contributed by atoms with E-state index >= 15 is 0 Å². The second kappa shape index (κ2) is 11.3. The minimum atomic E-state index is -3.71. The minimum Gasteiger partial charge on any atom is -0.294 e. The van der Waals surface area contributed by atoms with E-state index in [1.165, 1.54) is 11.1 Å². The summed E-state index contributed by atoms with van der Waals surface area (Å²) in [5, 5.41) is 0.637. The standard InChI is InChI=1S/C31H28ClN3O3S2/c32-26-13-11-23(12-14-26)22-35-28-16-15-27(21-29(28)39-31(35)36)40(37,38)34-19-17-33(18-20-34)30(24-7-3-1-4-8-24)25-9-5-2-6-10-25/h1-16,21,30H,17-20,22H2. The molecule has 0 amide bonds. The molecule has 6 rings (SSSR count). The first-order valence-electron chi connectivity index (χ1n) is 13.1. The fraction of sp³-hybridized carbons (Fsp3) is 0.194. The average Bonchev–Trinajstić information content (AvgIpc) is 3.29. The number of hydrogen-bond acceptors (Lipinski definition) is 5. The molecule has 204 valence electrons. The van der Waals surface area contributed by atoms with Gasteiger partial charge in [0.2, 0.25) is 10.0 Å². The van der Waals surface area contributed by atoms with Gasteiger partial charge in [0.25, 0.3) is 0 Å². The van der Waals surface area contributed by atoms with Crippen molar-refractivity contribution in [2.24, 2.45) is 0 Å². The van der Waals surface area contributed by atoms with Crippen LogP contribution >= 0.6 is 22.9 Å². The van der Waals surface area contributed by atoms with Gasteiger partial charge in [0.15, 0.2) is 0 Å². The van der Waals surface area contributed by atoms with Gasteiger partial charge in [0.1, 0.15) is 0 Å². The van der Waals surface area contributed by atoms with Gasteiger partial charge in [-0.05, 0) is 47.0 Å². The van der Waals surface area contributed by atoms with E-state index in [9.17, 15) is 13.2 Å². The van der Waals surface area contributed by atoms with Crippen LogP contribution in [0.25, 0.3) is 10.2 Å². The molecule has 0 bridgehead atoms. The summed E-state index contributed by atoms with van der Waals surface area (Å²) in [6, 6.07) is 33.1. The van der Waals surface area contributed by atoms with Gasteiger partial charge in [-0.15, -0.1) is 0 Å². The van der Waals surface area contributed by atoms with Gasteiger partial charge in [0.05, 0.1) is 27.7 Å². The number of hydrogen-bond donors (Lipinski definition) is 0. The highest BCUT2D eigenvalue weighted by Gasteiger charge is 2.32. The number of rotatable bonds is 7. The Bertz CT molecular complexity index is 1740. The Labute approximate surface area is 242 Å². The number of thiazole rings is 1. The zero-order valence-electron chi connectivity index (χ0n) is 21.7. The fourth-order valence-electron chi connectivity index (χ4n) is 5.37. The first-order chi connectivity index (χ1) is 19.4. The Balaban J connectivity index is 1.22. The molecular formula is C31H28ClN3O3S2. The topological polar surface area (TPSA) is 62.6 Å². The predicted octanol–water partition coefficient (Wildman–Crippen LogP) is 5.86. The molecule has 1 fully saturated rings. The maximum atomic E-state index is 13.7. The van der Waals surface area contributed by atoms with Crippen molar-refractivity contribution in [1.82, 2.24) is 13.8 Å². The number of aromatic nitrogens is 1. The van der Waals surface area contributed by atoms with Crippen molar-refractivity contribution < 1.29 is 8.42 Å². The molecule has 0 N–H and O–H groups in total. The second-order valence-electron chi connectivity index (χ2n) is 9.87. The lowest BCUT2D eigenvalue weighted by Crippen LogP contribution is -2.49. The molecule has 1 aliphatic rings. The van der Waals surface area contributed by atoms with Crippen LogP contribution in [0.3, 0.4) is 0 Å². The first-order valence-corrected chi connectivity index (χ1v) is 15.8. The lowest BCUT2D eigenvalue weighted by atomic mass is 9.96. The highest BCUT2D eigenvalue weighted by atomic mass is 35.5. The lowest BCUT2D eigenvalue weighted by molar-refractivity contribution is 0.156. The molecule has 0 saturated carbocycles. The summed E-state index contributed by atoms with van der Waals surface area (Å²) in [5.41, 5.74) is 4.05. The zero-order chi connectivity index (χ0) is 27.7. The normalized spacial score (nSPS) is 15.2. The molecule has 40 heavy (non-hydrogen) atoms. The van der Waals surface area contributed by atoms with Crippen LogP contribution in [0.5, 0.6) is 0 Å². The lowest BCUT2D eigenvalue weighted by Gasteiger charge is -2.39. The second-order valence-corrected chi connectivity index (χ2v) is 13.2. The molecule has 4 aromatic carbocycles. The van der Waals surface area contributed by atoms with Crippen LogP contribution in [-0.2, 0) is 16.6 Å². The van der Waals surface area contributed by atoms with Crippen LogP contribution in [0.4, 0.5) is 0 Å². The van der Waals surface area contributed by atoms with E-state index in [0.717, 1.165) is 22.4 Å². The molecular weight excluding hydrogens is 562 g/mol. The molecule has 2 heterocycles. The molecule has 6 nitrogen and oxygen atoms in total. The Hall–Kier alpha value is -3.27. The van der Waals surface area contributed by atoms with Crippen molar-refractivity contribution in [3.8, 4) is 0 Å². The SMILES string of the molecule is O=c1sc2cc(S(=O)(=O)N3CCN(C(c4ccccc4)c4ccccc4)CC3)ccc2n1Cc1ccc(Cl)cc1. The van der Waals surface area contributed by atoms with Gasteiger partial charge < -0.3 is 0 Å². The molecule has 1 aromatic heterocycles. The van der Waals surface area contributed by atoms with Gasteiger partial charge in [-0.1, -0.05) is 95.7 Å². The number of piperazine rings is 1. The van der Waals surface area contributed by atoms with Gasteiger partial charge in [0, 0.05) is 31.2 Å². The van der Waals surface area contributed by atoms with Crippen molar-refractivity contribution in [1.29, 1.82) is 0 Å². The van der Waals surface area contributed by atoms with Crippen molar-refractivity contribution in [3.05, 3.63) is 135 Å². The Kier molecular flexibility index (Phi) is 7.61. The third kappa shape index (κ3) is 5.38. The summed E-state index contributed by atoms with van der Waals surface area (Å²) in [6.07, 6.45) is 0. The van der Waals surface area contributed by atoms with E-state index in [4.69, 9.17) is 11.6 Å². The summed E-state index contributed by atoms with van der Waals surface area (Å²) in [5.74, 6) is 0. The Morgan fingerprint density at radius 3 is 1.98 bits per heavy atom. The molecule has 0 atom stereocenters. The van der Waals surface area contributed by atoms with E-state index in [1.54, 1.807) is 39.2 Å². The third-order valence-corrected chi connectivity index (χ3v) is 10.5. The molecule has 0 spiro atoms. The van der Waals surface area contributed by atoms with Gasteiger partial charge in [-0.25, -0.2) is 8.42 Å². The summed E-state index contributed by atoms with van der Waals surface area (Å²) >= 11 is 7.06. The molecule has 5 aromatic rings. The third-order valence-electron chi connectivity index (χ3n) is 7.40. The van der Waals surface area contributed by atoms with Crippen LogP contribution in [0.2, 0.25) is 5.02 Å². The van der Waals surface area contributed by atoms with E-state index in [2.05, 4.69) is 29.2 Å². The molecule has 1 saturated heterocycles. The van der Waals surface area contributed by atoms with Gasteiger partial charge in [-0.2, -0.15) is 4.31 Å². The first kappa shape index (κ1) is 26.9. The molecule has 1 aliphatic heterocycles. The van der Waals surface area contributed by atoms with E-state index in [1.807, 2.05) is 48.5 Å². The van der Waals surface area contributed by atoms with Crippen LogP contribution in [0, 0.1) is 0 Å². The minimum absolute atomic E-state index is 0.0567. The van der Waals surface area contributed by atoms with E-state index in [0.29, 0.717) is 42.4 Å². The van der Waals surface area contributed by atoms with Crippen LogP contribution in [0.15, 0.2) is 113 Å². The monoisotopic (exact) mass is 589 g/mol. The van der Waals surface area contributed by atoms with Crippen LogP contribution in [0.1, 0.15) is 22.7 Å². The summed E-state index contributed by atoms with van der Waals surface area (Å²) < 4.78 is 31.2. The van der Waals surface area contributed by atoms with Crippen LogP contribution < -0.4 is 4.87 Å².